The highest BCUT2D eigenvalue weighted by Gasteiger charge is 2.30. The van der Waals surface area contributed by atoms with Crippen LogP contribution in [0, 0.1) is 5.92 Å². The fourth-order valence-corrected chi connectivity index (χ4v) is 1.26. The zero-order valence-electron chi connectivity index (χ0n) is 4.57. The maximum absolute atomic E-state index is 5.47. The van der Waals surface area contributed by atoms with Crippen LogP contribution >= 0.6 is 59.6 Å². The minimum atomic E-state index is -1.32. The van der Waals surface area contributed by atoms with Crippen molar-refractivity contribution in [1.29, 1.82) is 0 Å². The molecule has 0 saturated carbocycles. The van der Waals surface area contributed by atoms with E-state index in [4.69, 9.17) is 34.8 Å². The molecule has 0 aliphatic carbocycles. The second-order valence-electron chi connectivity index (χ2n) is 1.60. The maximum atomic E-state index is 5.47. The first kappa shape index (κ1) is 10.3. The second kappa shape index (κ2) is 3.63. The summed E-state index contributed by atoms with van der Waals surface area (Å²) in [5, 5.41) is 0. The zero-order chi connectivity index (χ0) is 7.65. The molecule has 9 heavy (non-hydrogen) atoms. The highest BCUT2D eigenvalue weighted by molar-refractivity contribution is 8.11. The van der Waals surface area contributed by atoms with Gasteiger partial charge >= 0.3 is 0 Å². The molecule has 54 valence electrons. The molecule has 0 nitrogen and oxygen atoms in total. The van der Waals surface area contributed by atoms with Crippen molar-refractivity contribution in [3.8, 4) is 0 Å². The number of halogens is 3. The SMILES string of the molecule is CC(C(=S)S)C(Cl)(Cl)Cl. The molecule has 0 aliphatic rings. The predicted octanol–water partition coefficient (Wildman–Crippen LogP) is 3.25. The molecule has 0 spiro atoms. The third kappa shape index (κ3) is 3.89. The van der Waals surface area contributed by atoms with Gasteiger partial charge in [-0.2, -0.15) is 0 Å². The third-order valence-corrected chi connectivity index (χ3v) is 2.58. The van der Waals surface area contributed by atoms with Crippen molar-refractivity contribution in [3.63, 3.8) is 0 Å². The molecule has 0 aromatic heterocycles. The Balaban J connectivity index is 4.04. The van der Waals surface area contributed by atoms with Gasteiger partial charge in [0.05, 0.1) is 4.20 Å². The lowest BCUT2D eigenvalue weighted by molar-refractivity contribution is 0.824. The molecular formula is C4H5Cl3S2. The average Bonchev–Trinajstić information content (AvgIpc) is 1.62. The molecule has 0 N–H and O–H groups in total. The van der Waals surface area contributed by atoms with Crippen molar-refractivity contribution < 1.29 is 0 Å². The molecule has 0 bridgehead atoms. The summed E-state index contributed by atoms with van der Waals surface area (Å²) in [7, 11) is 0. The van der Waals surface area contributed by atoms with Gasteiger partial charge in [-0.05, 0) is 0 Å². The van der Waals surface area contributed by atoms with Crippen LogP contribution in [0.4, 0.5) is 0 Å². The van der Waals surface area contributed by atoms with E-state index in [1.165, 1.54) is 0 Å². The molecule has 1 unspecified atom stereocenters. The summed E-state index contributed by atoms with van der Waals surface area (Å²) in [6.45, 7) is 1.71. The Morgan fingerprint density at radius 3 is 1.89 bits per heavy atom. The summed E-state index contributed by atoms with van der Waals surface area (Å²) in [5.41, 5.74) is 0. The van der Waals surface area contributed by atoms with E-state index in [0.717, 1.165) is 0 Å². The molecule has 0 fully saturated rings. The van der Waals surface area contributed by atoms with E-state index < -0.39 is 3.79 Å². The summed E-state index contributed by atoms with van der Waals surface area (Å²) < 4.78 is -0.909. The normalized spacial score (nSPS) is 15.2. The van der Waals surface area contributed by atoms with Crippen molar-refractivity contribution in [2.45, 2.75) is 10.7 Å². The fourth-order valence-electron chi connectivity index (χ4n) is 0.140. The molecule has 0 amide bonds. The third-order valence-electron chi connectivity index (χ3n) is 0.861. The maximum Gasteiger partial charge on any atom is 0.198 e. The molecule has 0 heterocycles. The molecule has 0 aliphatic heterocycles. The Bertz CT molecular complexity index is 117. The minimum Gasteiger partial charge on any atom is -0.136 e. The molecule has 0 saturated heterocycles. The molecule has 0 aromatic carbocycles. The monoisotopic (exact) mass is 222 g/mol. The zero-order valence-corrected chi connectivity index (χ0v) is 8.55. The standard InChI is InChI=1S/C4H5Cl3S2/c1-2(3(8)9)4(5,6)7/h2H,1H3,(H,8,9). The summed E-state index contributed by atoms with van der Waals surface area (Å²) in [5.74, 6) is -0.291. The van der Waals surface area contributed by atoms with Crippen LogP contribution in [0.5, 0.6) is 0 Å². The summed E-state index contributed by atoms with van der Waals surface area (Å²) >= 11 is 25.0. The predicted molar refractivity (Wildman–Crippen MR) is 51.0 cm³/mol. The van der Waals surface area contributed by atoms with Crippen LogP contribution in [-0.2, 0) is 0 Å². The first-order chi connectivity index (χ1) is 3.85. The van der Waals surface area contributed by atoms with Gasteiger partial charge in [0, 0.05) is 5.92 Å². The first-order valence-electron chi connectivity index (χ1n) is 2.15. The van der Waals surface area contributed by atoms with Gasteiger partial charge in [0.15, 0.2) is 3.79 Å². The Hall–Kier alpha value is 1.31. The van der Waals surface area contributed by atoms with Crippen LogP contribution < -0.4 is 0 Å². The second-order valence-corrected chi connectivity index (χ2v) is 5.19. The van der Waals surface area contributed by atoms with Crippen LogP contribution in [0.25, 0.3) is 0 Å². The number of hydrogen-bond donors (Lipinski definition) is 1. The Morgan fingerprint density at radius 1 is 1.56 bits per heavy atom. The molecule has 0 rings (SSSR count). The van der Waals surface area contributed by atoms with E-state index >= 15 is 0 Å². The van der Waals surface area contributed by atoms with Gasteiger partial charge in [0.1, 0.15) is 0 Å². The molecule has 1 atom stereocenters. The Morgan fingerprint density at radius 2 is 1.89 bits per heavy atom. The van der Waals surface area contributed by atoms with E-state index in [1.54, 1.807) is 6.92 Å². The summed E-state index contributed by atoms with van der Waals surface area (Å²) in [6.07, 6.45) is 0. The molecule has 0 aromatic rings. The van der Waals surface area contributed by atoms with Gasteiger partial charge < -0.3 is 0 Å². The first-order valence-corrected chi connectivity index (χ1v) is 4.14. The number of alkyl halides is 3. The van der Waals surface area contributed by atoms with Crippen LogP contribution in [0.2, 0.25) is 0 Å². The van der Waals surface area contributed by atoms with Crippen molar-refractivity contribution >= 4 is 63.8 Å². The van der Waals surface area contributed by atoms with Crippen LogP contribution in [0.3, 0.4) is 0 Å². The quantitative estimate of drug-likeness (QED) is 0.405. The van der Waals surface area contributed by atoms with Gasteiger partial charge in [-0.1, -0.05) is 53.9 Å². The van der Waals surface area contributed by atoms with E-state index in [-0.39, 0.29) is 5.92 Å². The largest absolute Gasteiger partial charge is 0.198 e. The summed E-state index contributed by atoms with van der Waals surface area (Å²) in [6, 6.07) is 0. The molecular weight excluding hydrogens is 219 g/mol. The van der Waals surface area contributed by atoms with Crippen LogP contribution in [-0.4, -0.2) is 7.99 Å². The van der Waals surface area contributed by atoms with Crippen LogP contribution in [0.15, 0.2) is 0 Å². The number of rotatable bonds is 1. The smallest absolute Gasteiger partial charge is 0.136 e. The minimum absolute atomic E-state index is 0.291. The van der Waals surface area contributed by atoms with E-state index in [9.17, 15) is 0 Å². The van der Waals surface area contributed by atoms with Crippen molar-refractivity contribution in [2.24, 2.45) is 5.92 Å². The van der Waals surface area contributed by atoms with Gasteiger partial charge in [0.2, 0.25) is 0 Å². The molecule has 5 heteroatoms. The highest BCUT2D eigenvalue weighted by Crippen LogP contribution is 2.36. The highest BCUT2D eigenvalue weighted by atomic mass is 35.6. The average molecular weight is 224 g/mol. The fraction of sp³-hybridized carbons (Fsp3) is 0.750. The van der Waals surface area contributed by atoms with Crippen molar-refractivity contribution in [2.75, 3.05) is 0 Å². The van der Waals surface area contributed by atoms with Crippen molar-refractivity contribution in [1.82, 2.24) is 0 Å². The van der Waals surface area contributed by atoms with Crippen molar-refractivity contribution in [3.05, 3.63) is 0 Å². The van der Waals surface area contributed by atoms with Gasteiger partial charge in [-0.15, -0.1) is 12.6 Å². The van der Waals surface area contributed by atoms with Crippen LogP contribution in [0.1, 0.15) is 6.92 Å². The number of hydrogen-bond acceptors (Lipinski definition) is 1. The lowest BCUT2D eigenvalue weighted by atomic mass is 10.2. The van der Waals surface area contributed by atoms with E-state index in [1.807, 2.05) is 0 Å². The van der Waals surface area contributed by atoms with Gasteiger partial charge in [-0.25, -0.2) is 0 Å². The van der Waals surface area contributed by atoms with Gasteiger partial charge in [-0.3, -0.25) is 0 Å². The van der Waals surface area contributed by atoms with E-state index in [0.29, 0.717) is 4.20 Å². The lowest BCUT2D eigenvalue weighted by Crippen LogP contribution is -2.20. The van der Waals surface area contributed by atoms with E-state index in [2.05, 4.69) is 24.8 Å². The number of thiocarbonyl (C=S) groups is 1. The Kier molecular flexibility index (Phi) is 4.16. The number of thiol groups is 1. The Labute approximate surface area is 80.3 Å². The summed E-state index contributed by atoms with van der Waals surface area (Å²) in [4.78, 5) is 0. The van der Waals surface area contributed by atoms with Gasteiger partial charge in [0.25, 0.3) is 0 Å². The molecule has 0 radical (unpaired) electrons. The lowest BCUT2D eigenvalue weighted by Gasteiger charge is -2.17. The topological polar surface area (TPSA) is 0 Å².